The molecule has 1 N–H and O–H groups in total. The van der Waals surface area contributed by atoms with Crippen LogP contribution in [0.5, 0.6) is 0 Å². The van der Waals surface area contributed by atoms with Crippen LogP contribution in [0.15, 0.2) is 29.6 Å². The van der Waals surface area contributed by atoms with Gasteiger partial charge in [-0.25, -0.2) is 4.98 Å². The minimum absolute atomic E-state index is 0.138. The molecular formula is C17H19F3N2O2S. The number of carbonyl (C=O) groups excluding carboxylic acids is 1. The Labute approximate surface area is 148 Å². The molecule has 0 aliphatic heterocycles. The van der Waals surface area contributed by atoms with Gasteiger partial charge in [-0.2, -0.15) is 13.2 Å². The zero-order chi connectivity index (χ0) is 18.3. The molecule has 8 heteroatoms. The lowest BCUT2D eigenvalue weighted by molar-refractivity contribution is -0.137. The molecule has 0 radical (unpaired) electrons. The summed E-state index contributed by atoms with van der Waals surface area (Å²) in [6.45, 7) is 3.70. The number of rotatable bonds is 8. The van der Waals surface area contributed by atoms with E-state index in [1.807, 2.05) is 6.92 Å². The van der Waals surface area contributed by atoms with Gasteiger partial charge in [0.15, 0.2) is 0 Å². The fourth-order valence-electron chi connectivity index (χ4n) is 2.10. The second kappa shape index (κ2) is 8.96. The van der Waals surface area contributed by atoms with Crippen molar-refractivity contribution in [2.24, 2.45) is 0 Å². The lowest BCUT2D eigenvalue weighted by atomic mass is 10.1. The summed E-state index contributed by atoms with van der Waals surface area (Å²) in [7, 11) is 0. The SMILES string of the molecule is CCOCCCNC(=O)Cc1csc(-c2ccc(C(F)(F)F)cc2)n1. The highest BCUT2D eigenvalue weighted by Gasteiger charge is 2.30. The van der Waals surface area contributed by atoms with E-state index in [2.05, 4.69) is 10.3 Å². The van der Waals surface area contributed by atoms with E-state index in [1.54, 1.807) is 5.38 Å². The van der Waals surface area contributed by atoms with E-state index >= 15 is 0 Å². The fraction of sp³-hybridized carbons (Fsp3) is 0.412. The Balaban J connectivity index is 1.88. The molecule has 0 spiro atoms. The van der Waals surface area contributed by atoms with Gasteiger partial charge < -0.3 is 10.1 Å². The Hall–Kier alpha value is -1.93. The number of nitrogens with zero attached hydrogens (tertiary/aromatic N) is 1. The Morgan fingerprint density at radius 1 is 1.28 bits per heavy atom. The number of amides is 1. The minimum atomic E-state index is -4.35. The van der Waals surface area contributed by atoms with Gasteiger partial charge in [0.05, 0.1) is 17.7 Å². The number of alkyl halides is 3. The van der Waals surface area contributed by atoms with Crippen LogP contribution in [0.2, 0.25) is 0 Å². The third kappa shape index (κ3) is 6.13. The van der Waals surface area contributed by atoms with Crippen molar-refractivity contribution in [3.63, 3.8) is 0 Å². The number of thiazole rings is 1. The molecule has 0 fully saturated rings. The Bertz CT molecular complexity index is 684. The van der Waals surface area contributed by atoms with Gasteiger partial charge in [0.2, 0.25) is 5.91 Å². The van der Waals surface area contributed by atoms with Crippen LogP contribution in [0.4, 0.5) is 13.2 Å². The highest BCUT2D eigenvalue weighted by molar-refractivity contribution is 7.13. The van der Waals surface area contributed by atoms with E-state index < -0.39 is 11.7 Å². The summed E-state index contributed by atoms with van der Waals surface area (Å²) in [5, 5.41) is 5.12. The Morgan fingerprint density at radius 3 is 2.64 bits per heavy atom. The summed E-state index contributed by atoms with van der Waals surface area (Å²) in [5.74, 6) is -0.138. The second-order valence-corrected chi connectivity index (χ2v) is 6.15. The number of aromatic nitrogens is 1. The molecule has 1 amide bonds. The number of hydrogen-bond acceptors (Lipinski definition) is 4. The van der Waals surface area contributed by atoms with Crippen LogP contribution >= 0.6 is 11.3 Å². The van der Waals surface area contributed by atoms with Crippen molar-refractivity contribution >= 4 is 17.2 Å². The predicted octanol–water partition coefficient (Wildman–Crippen LogP) is 3.91. The summed E-state index contributed by atoms with van der Waals surface area (Å²) < 4.78 is 42.9. The highest BCUT2D eigenvalue weighted by atomic mass is 32.1. The van der Waals surface area contributed by atoms with Crippen molar-refractivity contribution in [2.75, 3.05) is 19.8 Å². The minimum Gasteiger partial charge on any atom is -0.382 e. The van der Waals surface area contributed by atoms with Gasteiger partial charge in [0.1, 0.15) is 5.01 Å². The normalized spacial score (nSPS) is 11.5. The zero-order valence-corrected chi connectivity index (χ0v) is 14.5. The first-order valence-electron chi connectivity index (χ1n) is 7.86. The van der Waals surface area contributed by atoms with E-state index in [-0.39, 0.29) is 12.3 Å². The molecule has 136 valence electrons. The molecule has 2 aromatic rings. The topological polar surface area (TPSA) is 51.2 Å². The predicted molar refractivity (Wildman–Crippen MR) is 90.4 cm³/mol. The summed E-state index contributed by atoms with van der Waals surface area (Å²) in [6.07, 6.45) is -3.47. The summed E-state index contributed by atoms with van der Waals surface area (Å²) in [4.78, 5) is 16.2. The van der Waals surface area contributed by atoms with Crippen LogP contribution in [0, 0.1) is 0 Å². The van der Waals surface area contributed by atoms with Crippen LogP contribution in [0.3, 0.4) is 0 Å². The Morgan fingerprint density at radius 2 is 2.00 bits per heavy atom. The first kappa shape index (κ1) is 19.4. The maximum Gasteiger partial charge on any atom is 0.416 e. The van der Waals surface area contributed by atoms with Crippen LogP contribution in [0.1, 0.15) is 24.6 Å². The number of benzene rings is 1. The number of ether oxygens (including phenoxy) is 1. The largest absolute Gasteiger partial charge is 0.416 e. The maximum absolute atomic E-state index is 12.6. The van der Waals surface area contributed by atoms with Crippen molar-refractivity contribution in [3.05, 3.63) is 40.9 Å². The van der Waals surface area contributed by atoms with Gasteiger partial charge >= 0.3 is 6.18 Å². The summed E-state index contributed by atoms with van der Waals surface area (Å²) >= 11 is 1.30. The molecule has 25 heavy (non-hydrogen) atoms. The molecule has 0 bridgehead atoms. The number of halogens is 3. The average molecular weight is 372 g/mol. The highest BCUT2D eigenvalue weighted by Crippen LogP contribution is 2.31. The van der Waals surface area contributed by atoms with E-state index in [0.717, 1.165) is 18.6 Å². The van der Waals surface area contributed by atoms with Crippen LogP contribution in [-0.4, -0.2) is 30.6 Å². The zero-order valence-electron chi connectivity index (χ0n) is 13.7. The summed E-state index contributed by atoms with van der Waals surface area (Å²) in [6, 6.07) is 4.83. The van der Waals surface area contributed by atoms with Gasteiger partial charge in [-0.05, 0) is 25.5 Å². The molecule has 0 unspecified atom stereocenters. The first-order chi connectivity index (χ1) is 11.9. The maximum atomic E-state index is 12.6. The van der Waals surface area contributed by atoms with E-state index in [4.69, 9.17) is 4.74 Å². The average Bonchev–Trinajstić information content (AvgIpc) is 3.02. The lowest BCUT2D eigenvalue weighted by Crippen LogP contribution is -2.26. The number of nitrogens with one attached hydrogen (secondary N) is 1. The van der Waals surface area contributed by atoms with Crippen molar-refractivity contribution in [1.82, 2.24) is 10.3 Å². The smallest absolute Gasteiger partial charge is 0.382 e. The summed E-state index contributed by atoms with van der Waals surface area (Å²) in [5.41, 5.74) is 0.503. The number of carbonyl (C=O) groups is 1. The van der Waals surface area contributed by atoms with E-state index in [1.165, 1.54) is 23.5 Å². The van der Waals surface area contributed by atoms with Gasteiger partial charge in [0, 0.05) is 30.7 Å². The molecule has 1 aromatic heterocycles. The third-order valence-electron chi connectivity index (χ3n) is 3.34. The van der Waals surface area contributed by atoms with E-state index in [9.17, 15) is 18.0 Å². The molecule has 1 heterocycles. The third-order valence-corrected chi connectivity index (χ3v) is 4.28. The quantitative estimate of drug-likeness (QED) is 0.715. The lowest BCUT2D eigenvalue weighted by Gasteiger charge is -2.06. The number of hydrogen-bond donors (Lipinski definition) is 1. The molecule has 0 aliphatic carbocycles. The van der Waals surface area contributed by atoms with Gasteiger partial charge in [-0.3, -0.25) is 4.79 Å². The molecule has 4 nitrogen and oxygen atoms in total. The molecule has 2 rings (SSSR count). The van der Waals surface area contributed by atoms with Crippen LogP contribution in [0.25, 0.3) is 10.6 Å². The molecular weight excluding hydrogens is 353 g/mol. The van der Waals surface area contributed by atoms with Gasteiger partial charge in [-0.15, -0.1) is 11.3 Å². The Kier molecular flexibility index (Phi) is 6.95. The molecule has 0 aliphatic rings. The molecule has 0 atom stereocenters. The first-order valence-corrected chi connectivity index (χ1v) is 8.74. The van der Waals surface area contributed by atoms with Crippen molar-refractivity contribution in [3.8, 4) is 10.6 Å². The standard InChI is InChI=1S/C17H19F3N2O2S/c1-2-24-9-3-8-21-15(23)10-14-11-25-16(22-14)12-4-6-13(7-5-12)17(18,19)20/h4-7,11H,2-3,8-10H2,1H3,(H,21,23). The second-order valence-electron chi connectivity index (χ2n) is 5.30. The fourth-order valence-corrected chi connectivity index (χ4v) is 2.92. The van der Waals surface area contributed by atoms with Crippen molar-refractivity contribution in [1.29, 1.82) is 0 Å². The molecule has 1 aromatic carbocycles. The van der Waals surface area contributed by atoms with Crippen LogP contribution < -0.4 is 5.32 Å². The van der Waals surface area contributed by atoms with Gasteiger partial charge in [0.25, 0.3) is 0 Å². The monoisotopic (exact) mass is 372 g/mol. The van der Waals surface area contributed by atoms with Gasteiger partial charge in [-0.1, -0.05) is 12.1 Å². The van der Waals surface area contributed by atoms with Crippen molar-refractivity contribution < 1.29 is 22.7 Å². The molecule has 0 saturated carbocycles. The molecule has 0 saturated heterocycles. The van der Waals surface area contributed by atoms with Crippen LogP contribution in [-0.2, 0) is 22.1 Å². The van der Waals surface area contributed by atoms with Crippen molar-refractivity contribution in [2.45, 2.75) is 25.9 Å². The van der Waals surface area contributed by atoms with E-state index in [0.29, 0.717) is 36.0 Å².